The van der Waals surface area contributed by atoms with Gasteiger partial charge in [-0.1, -0.05) is 454 Å². The Balaban J connectivity index is 0.000000122. The van der Waals surface area contributed by atoms with Gasteiger partial charge in [-0.05, 0) is 253 Å². The van der Waals surface area contributed by atoms with Crippen LogP contribution in [-0.2, 0) is 0 Å². The Kier molecular flexibility index (Phi) is 15.5. The topological polar surface area (TPSA) is 0 Å². The van der Waals surface area contributed by atoms with E-state index in [4.69, 9.17) is 19.2 Å². The Hall–Kier alpha value is -16.5. The summed E-state index contributed by atoms with van der Waals surface area (Å²) in [5.74, 6) is 0. The van der Waals surface area contributed by atoms with Crippen LogP contribution < -0.4 is 0 Å². The quantitative estimate of drug-likeness (QED) is 0.107. The molecule has 0 saturated carbocycles. The number of thiophene rings is 3. The molecule has 0 spiro atoms. The van der Waals surface area contributed by atoms with Gasteiger partial charge in [-0.25, -0.2) is 0 Å². The summed E-state index contributed by atoms with van der Waals surface area (Å²) >= 11 is 5.19. The molecule has 0 radical (unpaired) electrons. The average molecular weight is 1790 g/mol. The summed E-state index contributed by atoms with van der Waals surface area (Å²) in [6.07, 6.45) is 0. The second-order valence-corrected chi connectivity index (χ2v) is 36.5. The van der Waals surface area contributed by atoms with Crippen LogP contribution in [0.5, 0.6) is 0 Å². The molecule has 0 fully saturated rings. The summed E-state index contributed by atoms with van der Waals surface area (Å²) in [5, 5.41) is 13.4. The van der Waals surface area contributed by atoms with Gasteiger partial charge >= 0.3 is 0 Å². The third-order valence-electron chi connectivity index (χ3n) is 25.7. The van der Waals surface area contributed by atoms with Gasteiger partial charge < -0.3 is 0 Å². The Morgan fingerprint density at radius 1 is 0.126 bits per heavy atom. The van der Waals surface area contributed by atoms with E-state index >= 15 is 0 Å². The van der Waals surface area contributed by atoms with Crippen LogP contribution in [0.4, 0.5) is 0 Å². The van der Waals surface area contributed by atoms with Gasteiger partial charge in [0.05, 0.1) is 30.2 Å². The van der Waals surface area contributed by atoms with Gasteiger partial charge in [0.2, 0.25) is 0 Å². The summed E-state index contributed by atoms with van der Waals surface area (Å²) in [6.45, 7) is 0. The molecule has 0 amide bonds. The molecule has 0 aliphatic carbocycles. The lowest BCUT2D eigenvalue weighted by Gasteiger charge is -2.18. The van der Waals surface area contributed by atoms with E-state index in [1.54, 1.807) is 34.8 Å². The zero-order valence-electron chi connectivity index (χ0n) is 94.0. The molecular weight excluding hydrogens is 1680 g/mol. The van der Waals surface area contributed by atoms with Crippen molar-refractivity contribution in [2.75, 3.05) is 0 Å². The molecular formula is C132H84S3. The highest BCUT2D eigenvalue weighted by molar-refractivity contribution is 7.26. The van der Waals surface area contributed by atoms with Crippen molar-refractivity contribution in [1.29, 1.82) is 0 Å². The maximum absolute atomic E-state index is 9.37. The summed E-state index contributed by atoms with van der Waals surface area (Å²) in [5.41, 5.74) is 17.9. The van der Waals surface area contributed by atoms with E-state index in [0.29, 0.717) is 22.3 Å². The molecule has 0 nitrogen and oxygen atoms in total. The van der Waals surface area contributed by atoms with E-state index in [1.807, 2.05) is 187 Å². The van der Waals surface area contributed by atoms with E-state index < -0.39 is 90.2 Å². The summed E-state index contributed by atoms with van der Waals surface area (Å²) < 4.78 is 202. The summed E-state index contributed by atoms with van der Waals surface area (Å²) in [4.78, 5) is 0. The minimum absolute atomic E-state index is 0.0286. The lowest BCUT2D eigenvalue weighted by Crippen LogP contribution is -1.91. The average Bonchev–Trinajstić information content (AvgIpc) is 1.30. The first-order valence-corrected chi connectivity index (χ1v) is 47.0. The fourth-order valence-corrected chi connectivity index (χ4v) is 23.1. The van der Waals surface area contributed by atoms with E-state index in [-0.39, 0.29) is 86.6 Å². The molecule has 24 aromatic carbocycles. The van der Waals surface area contributed by atoms with Crippen LogP contribution in [0.1, 0.15) is 30.2 Å². The zero-order valence-corrected chi connectivity index (χ0v) is 74.5. The van der Waals surface area contributed by atoms with Crippen molar-refractivity contribution in [2.45, 2.75) is 0 Å². The maximum atomic E-state index is 9.37. The molecule has 0 aliphatic rings. The Morgan fingerprint density at radius 3 is 0.859 bits per heavy atom. The third-order valence-corrected chi connectivity index (χ3v) is 29.1. The normalized spacial score (nSPS) is 13.8. The number of hydrogen-bond acceptors (Lipinski definition) is 3. The lowest BCUT2D eigenvalue weighted by atomic mass is 9.85. The molecule has 0 saturated heterocycles. The van der Waals surface area contributed by atoms with Crippen LogP contribution in [0.25, 0.3) is 259 Å². The highest BCUT2D eigenvalue weighted by atomic mass is 32.1. The van der Waals surface area contributed by atoms with Crippen LogP contribution in [0.2, 0.25) is 0 Å². The number of benzene rings is 24. The number of hydrogen-bond donors (Lipinski definition) is 0. The molecule has 630 valence electrons. The van der Waals surface area contributed by atoms with E-state index in [2.05, 4.69) is 188 Å². The molecule has 0 unspecified atom stereocenters. The van der Waals surface area contributed by atoms with Crippen LogP contribution in [0.15, 0.2) is 509 Å². The second-order valence-electron chi connectivity index (χ2n) is 33.3. The van der Waals surface area contributed by atoms with Gasteiger partial charge in [0, 0.05) is 60.5 Å². The third kappa shape index (κ3) is 14.5. The van der Waals surface area contributed by atoms with Crippen molar-refractivity contribution >= 4 is 159 Å². The van der Waals surface area contributed by atoms with Crippen molar-refractivity contribution in [3.05, 3.63) is 509 Å². The van der Waals surface area contributed by atoms with Gasteiger partial charge in [0.25, 0.3) is 0 Å². The molecule has 27 rings (SSSR count). The smallest absolute Gasteiger partial charge is 0.0629 e. The van der Waals surface area contributed by atoms with Gasteiger partial charge in [0.15, 0.2) is 0 Å². The highest BCUT2D eigenvalue weighted by Crippen LogP contribution is 2.52. The lowest BCUT2D eigenvalue weighted by molar-refractivity contribution is 1.60. The predicted molar refractivity (Wildman–Crippen MR) is 588 cm³/mol. The van der Waals surface area contributed by atoms with Gasteiger partial charge in [-0.2, -0.15) is 0 Å². The SMILES string of the molecule is [2H]c1c([2H])c(-c2cccc3sc4ccccc4c23)c([2H])c([2H])c1-c1c2ccccc2c(-c2ccccc2)c2ccccc12.[2H]c1c([2H])c([2H])c(-c2c3c([2H])c([2H])c([2H])c([2H])c3c(-c3ccc(-c4c(-c5ccccc5)ccc5sc6ccccc6c45)cc3)c3c([2H])c([2H])c([2H])c([2H])c23)c([2H])c1[2H].[2H]c1c([2H])c([2H])c(-c2c3ccccc3c(-c3ccc(-c4ccc5sc6ccc(-c7cccc(-c8ccccc8)c7)cc6c5c4)cc3)c3ccccc23)c([2H])c1[2H]. The number of rotatable bonds is 12. The molecule has 0 bridgehead atoms. The van der Waals surface area contributed by atoms with E-state index in [1.165, 1.54) is 42.4 Å². The Labute approximate surface area is 826 Å². The molecule has 3 heterocycles. The van der Waals surface area contributed by atoms with Crippen molar-refractivity contribution in [2.24, 2.45) is 0 Å². The monoisotopic (exact) mass is 1790 g/mol. The van der Waals surface area contributed by atoms with Crippen molar-refractivity contribution in [3.8, 4) is 134 Å². The largest absolute Gasteiger partial charge is 0.135 e. The van der Waals surface area contributed by atoms with Crippen molar-refractivity contribution in [1.82, 2.24) is 0 Å². The number of fused-ring (bicyclic) bond motifs is 15. The summed E-state index contributed by atoms with van der Waals surface area (Å²) in [7, 11) is 0. The molecule has 0 atom stereocenters. The zero-order chi connectivity index (χ0) is 108. The molecule has 3 heteroatoms. The molecule has 0 aliphatic heterocycles. The van der Waals surface area contributed by atoms with E-state index in [9.17, 15) is 11.0 Å². The molecule has 135 heavy (non-hydrogen) atoms. The maximum Gasteiger partial charge on any atom is 0.0629 e. The first-order chi connectivity index (χ1) is 76.1. The second kappa shape index (κ2) is 34.7. The minimum atomic E-state index is -0.707. The first-order valence-electron chi connectivity index (χ1n) is 55.5. The van der Waals surface area contributed by atoms with Crippen LogP contribution in [-0.4, -0.2) is 0 Å². The molecule has 27 aromatic rings. The fourth-order valence-electron chi connectivity index (χ4n) is 19.7. The standard InChI is InChI=1S/C50H32S.C44H28S.C38H24S/c1-3-12-33(13-4-1)37-16-11-17-38(30-37)40-27-29-48-46(32-40)45-31-39(26-28-47(45)51-48)34-22-24-36(25-23-34)50-43-20-9-7-18-41(43)49(35-14-5-2-6-15-35)42-19-8-10-21-44(42)50;1-3-13-29(14-4-1)33-27-28-40-44(38-21-11-12-22-39(38)45-40)43(33)32-25-23-31(24-26-32)42-36-19-9-7-17-34(36)41(30-15-5-2-6-16-30)35-18-8-10-20-37(35)42;1-2-11-26(12-3-1)36-29-13-4-6-15-31(29)37(32-16-7-5-14-30(32)36)27-23-21-25(22-24-27)28-18-10-20-35-38(28)33-17-8-9-19-34(33)39-35/h1-32H;1-28H;1-24H/i2D,5D,6D,14D,15D;2D,5D,6D,7D,8D,9D,10D,15D,16D,17D,18D,19D,20D;21D,22D,23D,24D. The van der Waals surface area contributed by atoms with Crippen LogP contribution in [0, 0.1) is 0 Å². The van der Waals surface area contributed by atoms with Crippen LogP contribution >= 0.6 is 34.0 Å². The van der Waals surface area contributed by atoms with Gasteiger partial charge in [0.1, 0.15) is 0 Å². The molecule has 0 N–H and O–H groups in total. The Bertz CT molecular complexity index is 10400. The highest BCUT2D eigenvalue weighted by Gasteiger charge is 2.24. The van der Waals surface area contributed by atoms with E-state index in [0.717, 1.165) is 150 Å². The predicted octanol–water partition coefficient (Wildman–Crippen LogP) is 39.1. The van der Waals surface area contributed by atoms with Gasteiger partial charge in [-0.3, -0.25) is 0 Å². The first kappa shape index (κ1) is 60.5. The fraction of sp³-hybridized carbons (Fsp3) is 0. The molecule has 3 aromatic heterocycles. The van der Waals surface area contributed by atoms with Crippen LogP contribution in [0.3, 0.4) is 0 Å². The van der Waals surface area contributed by atoms with Crippen molar-refractivity contribution < 1.29 is 30.2 Å². The summed E-state index contributed by atoms with van der Waals surface area (Å²) in [6, 6.07) is 118. The van der Waals surface area contributed by atoms with Gasteiger partial charge in [-0.15, -0.1) is 34.0 Å². The van der Waals surface area contributed by atoms with Crippen molar-refractivity contribution in [3.63, 3.8) is 0 Å². The Morgan fingerprint density at radius 2 is 0.393 bits per heavy atom. The minimum Gasteiger partial charge on any atom is -0.135 e.